The monoisotopic (exact) mass is 345 g/mol. The summed E-state index contributed by atoms with van der Waals surface area (Å²) in [5, 5.41) is 9.66. The van der Waals surface area contributed by atoms with Crippen LogP contribution in [0.15, 0.2) is 42.6 Å². The SMILES string of the molecule is CC(=O)O.[Pd][c]1ccc2ccc3cccnc3c2n1. The van der Waals surface area contributed by atoms with Gasteiger partial charge in [0.05, 0.1) is 0 Å². The molecule has 0 atom stereocenters. The zero-order chi connectivity index (χ0) is 13.8. The number of hydrogen-bond acceptors (Lipinski definition) is 3. The molecule has 1 N–H and O–H groups in total. The van der Waals surface area contributed by atoms with Gasteiger partial charge in [-0.1, -0.05) is 0 Å². The van der Waals surface area contributed by atoms with Crippen molar-refractivity contribution in [1.82, 2.24) is 9.97 Å². The van der Waals surface area contributed by atoms with Crippen molar-refractivity contribution in [3.05, 3.63) is 42.6 Å². The second-order valence-corrected chi connectivity index (χ2v) is 4.63. The molecule has 0 bridgehead atoms. The molecular weight excluding hydrogens is 335 g/mol. The molecule has 0 saturated carbocycles. The van der Waals surface area contributed by atoms with E-state index >= 15 is 0 Å². The van der Waals surface area contributed by atoms with Crippen LogP contribution in [0.25, 0.3) is 21.8 Å². The molecule has 0 radical (unpaired) electrons. The summed E-state index contributed by atoms with van der Waals surface area (Å²) in [4.78, 5) is 17.8. The summed E-state index contributed by atoms with van der Waals surface area (Å²) in [5.41, 5.74) is 1.92. The number of nitrogens with zero attached hydrogens (tertiary/aromatic N) is 2. The molecule has 0 aliphatic carbocycles. The van der Waals surface area contributed by atoms with E-state index in [2.05, 4.69) is 47.4 Å². The molecule has 2 heterocycles. The summed E-state index contributed by atoms with van der Waals surface area (Å²) in [6.45, 7) is 1.08. The number of hydrogen-bond donors (Lipinski definition) is 1. The predicted molar refractivity (Wildman–Crippen MR) is 70.0 cm³/mol. The molecule has 3 aromatic rings. The molecule has 2 aromatic heterocycles. The van der Waals surface area contributed by atoms with Gasteiger partial charge in [-0.3, -0.25) is 4.79 Å². The molecule has 4 nitrogen and oxygen atoms in total. The van der Waals surface area contributed by atoms with E-state index < -0.39 is 5.97 Å². The van der Waals surface area contributed by atoms with Gasteiger partial charge in [-0.25, -0.2) is 0 Å². The first-order chi connectivity index (χ1) is 9.08. The van der Waals surface area contributed by atoms with Gasteiger partial charge in [0, 0.05) is 6.92 Å². The van der Waals surface area contributed by atoms with E-state index in [-0.39, 0.29) is 0 Å². The normalized spacial score (nSPS) is 10.1. The van der Waals surface area contributed by atoms with Gasteiger partial charge in [0.15, 0.2) is 0 Å². The van der Waals surface area contributed by atoms with E-state index in [0.29, 0.717) is 0 Å². The Balaban J connectivity index is 0.000000297. The second-order valence-electron chi connectivity index (χ2n) is 3.83. The Kier molecular flexibility index (Phi) is 4.21. The Bertz CT molecular complexity index is 740. The first-order valence-electron chi connectivity index (χ1n) is 5.54. The molecule has 0 aliphatic heterocycles. The van der Waals surface area contributed by atoms with E-state index in [4.69, 9.17) is 9.90 Å². The number of carbonyl (C=O) groups is 1. The van der Waals surface area contributed by atoms with Crippen LogP contribution in [0.5, 0.6) is 0 Å². The quantitative estimate of drug-likeness (QED) is 0.500. The fraction of sp³-hybridized carbons (Fsp3) is 0.0714. The van der Waals surface area contributed by atoms with Crippen molar-refractivity contribution >= 4 is 31.9 Å². The molecule has 19 heavy (non-hydrogen) atoms. The number of pyridine rings is 2. The number of aromatic nitrogens is 2. The van der Waals surface area contributed by atoms with E-state index in [1.54, 1.807) is 6.20 Å². The molecular formula is C14H11N2O2Pd. The Morgan fingerprint density at radius 1 is 1.11 bits per heavy atom. The van der Waals surface area contributed by atoms with Gasteiger partial charge in [-0.05, 0) is 0 Å². The average molecular weight is 346 g/mol. The summed E-state index contributed by atoms with van der Waals surface area (Å²) in [7, 11) is 0. The molecule has 0 amide bonds. The van der Waals surface area contributed by atoms with Crippen LogP contribution in [0.3, 0.4) is 0 Å². The third-order valence-corrected chi connectivity index (χ3v) is 2.81. The Hall–Kier alpha value is -1.83. The van der Waals surface area contributed by atoms with Crippen molar-refractivity contribution in [2.75, 3.05) is 0 Å². The topological polar surface area (TPSA) is 63.1 Å². The molecule has 5 heteroatoms. The third-order valence-electron chi connectivity index (χ3n) is 2.38. The van der Waals surface area contributed by atoms with Gasteiger partial charge in [-0.15, -0.1) is 0 Å². The van der Waals surface area contributed by atoms with Crippen molar-refractivity contribution in [3.63, 3.8) is 0 Å². The number of carboxylic acid groups (broad SMARTS) is 1. The van der Waals surface area contributed by atoms with Crippen molar-refractivity contribution in [1.29, 1.82) is 0 Å². The summed E-state index contributed by atoms with van der Waals surface area (Å²) >= 11 is 3.10. The van der Waals surface area contributed by atoms with E-state index in [1.807, 2.05) is 18.2 Å². The summed E-state index contributed by atoms with van der Waals surface area (Å²) in [6, 6.07) is 12.1. The predicted octanol–water partition coefficient (Wildman–Crippen LogP) is 2.05. The zero-order valence-corrected chi connectivity index (χ0v) is 11.7. The van der Waals surface area contributed by atoms with Crippen molar-refractivity contribution in [2.45, 2.75) is 6.92 Å². The number of benzene rings is 1. The van der Waals surface area contributed by atoms with Crippen LogP contribution in [0.2, 0.25) is 0 Å². The van der Waals surface area contributed by atoms with Crippen LogP contribution in [0.4, 0.5) is 0 Å². The Morgan fingerprint density at radius 2 is 1.68 bits per heavy atom. The van der Waals surface area contributed by atoms with Crippen LogP contribution >= 0.6 is 0 Å². The van der Waals surface area contributed by atoms with E-state index in [9.17, 15) is 0 Å². The minimum atomic E-state index is -0.833. The maximum atomic E-state index is 9.00. The van der Waals surface area contributed by atoms with Crippen LogP contribution in [-0.2, 0) is 24.0 Å². The number of rotatable bonds is 0. The van der Waals surface area contributed by atoms with Crippen LogP contribution in [0, 0.1) is 0 Å². The van der Waals surface area contributed by atoms with E-state index in [0.717, 1.165) is 32.9 Å². The van der Waals surface area contributed by atoms with Crippen LogP contribution < -0.4 is 4.17 Å². The molecule has 3 rings (SSSR count). The first-order valence-corrected chi connectivity index (χ1v) is 6.32. The van der Waals surface area contributed by atoms with Crippen molar-refractivity contribution in [2.24, 2.45) is 0 Å². The average Bonchev–Trinajstić information content (AvgIpc) is 2.38. The van der Waals surface area contributed by atoms with Gasteiger partial charge < -0.3 is 5.11 Å². The summed E-state index contributed by atoms with van der Waals surface area (Å²) < 4.78 is 0.878. The van der Waals surface area contributed by atoms with Gasteiger partial charge in [0.2, 0.25) is 0 Å². The summed E-state index contributed by atoms with van der Waals surface area (Å²) in [6.07, 6.45) is 1.80. The van der Waals surface area contributed by atoms with Crippen LogP contribution in [0.1, 0.15) is 6.92 Å². The number of carboxylic acids is 1. The van der Waals surface area contributed by atoms with E-state index in [1.165, 1.54) is 0 Å². The second kappa shape index (κ2) is 5.88. The maximum absolute atomic E-state index is 9.00. The third kappa shape index (κ3) is 3.34. The molecule has 1 aromatic carbocycles. The minimum absolute atomic E-state index is 0.833. The zero-order valence-electron chi connectivity index (χ0n) is 10.1. The van der Waals surface area contributed by atoms with Crippen molar-refractivity contribution in [3.8, 4) is 0 Å². The van der Waals surface area contributed by atoms with Gasteiger partial charge >= 0.3 is 97.7 Å². The fourth-order valence-corrected chi connectivity index (χ4v) is 1.99. The van der Waals surface area contributed by atoms with Crippen LogP contribution in [-0.4, -0.2) is 21.0 Å². The molecule has 0 spiro atoms. The molecule has 0 fully saturated rings. The number of aliphatic carboxylic acids is 1. The molecule has 0 unspecified atom stereocenters. The molecule has 99 valence electrons. The van der Waals surface area contributed by atoms with Gasteiger partial charge in [0.1, 0.15) is 0 Å². The fourth-order valence-electron chi connectivity index (χ4n) is 1.69. The number of fused-ring (bicyclic) bond motifs is 3. The first kappa shape index (κ1) is 13.6. The summed E-state index contributed by atoms with van der Waals surface area (Å²) in [5.74, 6) is -0.833. The Morgan fingerprint density at radius 3 is 2.37 bits per heavy atom. The van der Waals surface area contributed by atoms with Gasteiger partial charge in [0.25, 0.3) is 5.97 Å². The Labute approximate surface area is 120 Å². The van der Waals surface area contributed by atoms with Gasteiger partial charge in [-0.2, -0.15) is 0 Å². The molecule has 0 aliphatic rings. The standard InChI is InChI=1S/C12H7N2.C2H4O2.Pd/c1-3-9-5-6-10-4-2-8-14-12(10)11(9)13-7-1;1-2(3)4;/h1-7H;1H3,(H,3,4);. The molecule has 0 saturated heterocycles. The van der Waals surface area contributed by atoms with Crippen molar-refractivity contribution < 1.29 is 29.1 Å².